The summed E-state index contributed by atoms with van der Waals surface area (Å²) in [5.74, 6) is -0.218. The molecule has 0 unspecified atom stereocenters. The van der Waals surface area contributed by atoms with E-state index in [9.17, 15) is 4.39 Å². The first-order valence-corrected chi connectivity index (χ1v) is 7.60. The van der Waals surface area contributed by atoms with Crippen molar-refractivity contribution in [1.29, 1.82) is 0 Å². The average molecular weight is 399 g/mol. The Bertz CT molecular complexity index is 810. The largest absolute Gasteiger partial charge is 0.331 e. The van der Waals surface area contributed by atoms with Gasteiger partial charge in [0.25, 0.3) is 0 Å². The van der Waals surface area contributed by atoms with Gasteiger partial charge < -0.3 is 9.55 Å². The second-order valence-corrected chi connectivity index (χ2v) is 6.02. The first-order chi connectivity index (χ1) is 9.65. The molecule has 0 atom stereocenters. The molecule has 0 saturated heterocycles. The number of imidazole rings is 1. The third kappa shape index (κ3) is 2.62. The lowest BCUT2D eigenvalue weighted by Crippen LogP contribution is -2.01. The highest BCUT2D eigenvalue weighted by Gasteiger charge is 2.08. The standard InChI is InChI=1S/C14H11FIN3S/c15-10-7-13-12(8-11(10)16)18-14(20)19(13)6-3-9-1-4-17-5-2-9/h1-2,4-5,7-8H,3,6H2,(H,18,20). The molecule has 6 heteroatoms. The third-order valence-corrected chi connectivity index (χ3v) is 4.34. The number of halogens is 2. The Kier molecular flexibility index (Phi) is 3.84. The van der Waals surface area contributed by atoms with Gasteiger partial charge in [0.15, 0.2) is 4.77 Å². The highest BCUT2D eigenvalue weighted by atomic mass is 127. The highest BCUT2D eigenvalue weighted by Crippen LogP contribution is 2.21. The number of aryl methyl sites for hydroxylation is 2. The molecule has 0 bridgehead atoms. The number of hydrogen-bond acceptors (Lipinski definition) is 2. The van der Waals surface area contributed by atoms with E-state index in [0.29, 0.717) is 14.9 Å². The van der Waals surface area contributed by atoms with Gasteiger partial charge in [0.05, 0.1) is 14.6 Å². The lowest BCUT2D eigenvalue weighted by molar-refractivity contribution is 0.620. The fourth-order valence-electron chi connectivity index (χ4n) is 2.16. The third-order valence-electron chi connectivity index (χ3n) is 3.19. The van der Waals surface area contributed by atoms with Crippen molar-refractivity contribution in [3.63, 3.8) is 0 Å². The van der Waals surface area contributed by atoms with Gasteiger partial charge in [-0.1, -0.05) is 0 Å². The zero-order chi connectivity index (χ0) is 14.1. The summed E-state index contributed by atoms with van der Waals surface area (Å²) < 4.78 is 16.9. The van der Waals surface area contributed by atoms with Crippen LogP contribution in [0.1, 0.15) is 5.56 Å². The van der Waals surface area contributed by atoms with Gasteiger partial charge in [0, 0.05) is 25.0 Å². The van der Waals surface area contributed by atoms with E-state index in [-0.39, 0.29) is 5.82 Å². The number of benzene rings is 1. The van der Waals surface area contributed by atoms with Gasteiger partial charge in [-0.05, 0) is 65.0 Å². The predicted molar refractivity (Wildman–Crippen MR) is 87.7 cm³/mol. The molecular formula is C14H11FIN3S. The van der Waals surface area contributed by atoms with Gasteiger partial charge in [-0.15, -0.1) is 0 Å². The summed E-state index contributed by atoms with van der Waals surface area (Å²) in [5, 5.41) is 0. The maximum atomic E-state index is 13.7. The maximum absolute atomic E-state index is 13.7. The number of aromatic nitrogens is 3. The lowest BCUT2D eigenvalue weighted by Gasteiger charge is -2.05. The molecule has 102 valence electrons. The quantitative estimate of drug-likeness (QED) is 0.532. The number of fused-ring (bicyclic) bond motifs is 1. The SMILES string of the molecule is Fc1cc2c(cc1I)[nH]c(=S)n2CCc1ccncc1. The number of pyridine rings is 1. The minimum Gasteiger partial charge on any atom is -0.331 e. The summed E-state index contributed by atoms with van der Waals surface area (Å²) >= 11 is 7.30. The summed E-state index contributed by atoms with van der Waals surface area (Å²) in [6.07, 6.45) is 4.37. The molecule has 20 heavy (non-hydrogen) atoms. The van der Waals surface area contributed by atoms with Crippen molar-refractivity contribution in [2.24, 2.45) is 0 Å². The number of H-pyrrole nitrogens is 1. The molecule has 3 rings (SSSR count). The van der Waals surface area contributed by atoms with Crippen LogP contribution in [0.4, 0.5) is 4.39 Å². The van der Waals surface area contributed by atoms with Gasteiger partial charge in [-0.3, -0.25) is 4.98 Å². The molecule has 2 heterocycles. The molecular weight excluding hydrogens is 388 g/mol. The van der Waals surface area contributed by atoms with Crippen molar-refractivity contribution in [3.05, 3.63) is 56.4 Å². The molecule has 1 aromatic carbocycles. The van der Waals surface area contributed by atoms with E-state index in [1.165, 1.54) is 11.6 Å². The topological polar surface area (TPSA) is 33.6 Å². The van der Waals surface area contributed by atoms with Crippen LogP contribution in [0.15, 0.2) is 36.7 Å². The van der Waals surface area contributed by atoms with Gasteiger partial charge >= 0.3 is 0 Å². The van der Waals surface area contributed by atoms with Crippen LogP contribution in [0.25, 0.3) is 11.0 Å². The molecule has 3 aromatic rings. The molecule has 0 spiro atoms. The van der Waals surface area contributed by atoms with Gasteiger partial charge in [-0.25, -0.2) is 4.39 Å². The van der Waals surface area contributed by atoms with Crippen LogP contribution in [0.5, 0.6) is 0 Å². The number of nitrogens with one attached hydrogen (secondary N) is 1. The first-order valence-electron chi connectivity index (χ1n) is 6.11. The minimum atomic E-state index is -0.218. The molecule has 0 saturated carbocycles. The highest BCUT2D eigenvalue weighted by molar-refractivity contribution is 14.1. The van der Waals surface area contributed by atoms with E-state index in [0.717, 1.165) is 17.5 Å². The van der Waals surface area contributed by atoms with Crippen molar-refractivity contribution in [2.45, 2.75) is 13.0 Å². The van der Waals surface area contributed by atoms with Gasteiger partial charge in [-0.2, -0.15) is 0 Å². The van der Waals surface area contributed by atoms with Crippen molar-refractivity contribution in [3.8, 4) is 0 Å². The Morgan fingerprint density at radius 3 is 2.80 bits per heavy atom. The van der Waals surface area contributed by atoms with E-state index >= 15 is 0 Å². The molecule has 1 N–H and O–H groups in total. The summed E-state index contributed by atoms with van der Waals surface area (Å²) in [4.78, 5) is 7.12. The van der Waals surface area contributed by atoms with E-state index in [1.54, 1.807) is 18.5 Å². The molecule has 0 aliphatic heterocycles. The number of aromatic amines is 1. The van der Waals surface area contributed by atoms with Crippen molar-refractivity contribution in [1.82, 2.24) is 14.5 Å². The Morgan fingerprint density at radius 2 is 2.05 bits per heavy atom. The summed E-state index contributed by atoms with van der Waals surface area (Å²) in [6.45, 7) is 0.711. The van der Waals surface area contributed by atoms with Crippen molar-refractivity contribution >= 4 is 45.8 Å². The molecule has 2 aromatic heterocycles. The van der Waals surface area contributed by atoms with E-state index in [2.05, 4.69) is 9.97 Å². The number of rotatable bonds is 3. The molecule has 3 nitrogen and oxygen atoms in total. The average Bonchev–Trinajstić information content (AvgIpc) is 2.73. The fourth-order valence-corrected chi connectivity index (χ4v) is 2.93. The van der Waals surface area contributed by atoms with Crippen LogP contribution in [-0.4, -0.2) is 14.5 Å². The van der Waals surface area contributed by atoms with Gasteiger partial charge in [0.2, 0.25) is 0 Å². The number of nitrogens with zero attached hydrogens (tertiary/aromatic N) is 2. The van der Waals surface area contributed by atoms with Crippen molar-refractivity contribution < 1.29 is 4.39 Å². The Labute approximate surface area is 134 Å². The van der Waals surface area contributed by atoms with Crippen LogP contribution < -0.4 is 0 Å². The van der Waals surface area contributed by atoms with Crippen molar-refractivity contribution in [2.75, 3.05) is 0 Å². The van der Waals surface area contributed by atoms with Gasteiger partial charge in [0.1, 0.15) is 5.82 Å². The monoisotopic (exact) mass is 399 g/mol. The number of hydrogen-bond donors (Lipinski definition) is 1. The van der Waals surface area contributed by atoms with Crippen LogP contribution in [0, 0.1) is 14.2 Å². The second kappa shape index (κ2) is 5.61. The van der Waals surface area contributed by atoms with Crippen LogP contribution >= 0.6 is 34.8 Å². The molecule has 0 aliphatic carbocycles. The summed E-state index contributed by atoms with van der Waals surface area (Å²) in [7, 11) is 0. The zero-order valence-corrected chi connectivity index (χ0v) is 13.4. The first kappa shape index (κ1) is 13.7. The maximum Gasteiger partial charge on any atom is 0.178 e. The second-order valence-electron chi connectivity index (χ2n) is 4.47. The Morgan fingerprint density at radius 1 is 1.30 bits per heavy atom. The zero-order valence-electron chi connectivity index (χ0n) is 10.4. The van der Waals surface area contributed by atoms with Crippen LogP contribution in [0.3, 0.4) is 0 Å². The van der Waals surface area contributed by atoms with E-state index < -0.39 is 0 Å². The summed E-state index contributed by atoms with van der Waals surface area (Å²) in [5.41, 5.74) is 2.86. The van der Waals surface area contributed by atoms with E-state index in [4.69, 9.17) is 12.2 Å². The smallest absolute Gasteiger partial charge is 0.178 e. The molecule has 0 radical (unpaired) electrons. The van der Waals surface area contributed by atoms with Crippen LogP contribution in [0.2, 0.25) is 0 Å². The normalized spacial score (nSPS) is 11.1. The Balaban J connectivity index is 1.97. The molecule has 0 aliphatic rings. The predicted octanol–water partition coefficient (Wildman–Crippen LogP) is 4.08. The Hall–Kier alpha value is -1.28. The molecule has 0 fully saturated rings. The molecule has 0 amide bonds. The summed E-state index contributed by atoms with van der Waals surface area (Å²) in [6, 6.07) is 7.27. The minimum absolute atomic E-state index is 0.218. The fraction of sp³-hybridized carbons (Fsp3) is 0.143. The van der Waals surface area contributed by atoms with E-state index in [1.807, 2.05) is 39.3 Å². The van der Waals surface area contributed by atoms with Crippen LogP contribution in [-0.2, 0) is 13.0 Å². The lowest BCUT2D eigenvalue weighted by atomic mass is 10.2.